The molecular weight excluding hydrogens is 290 g/mol. The molecule has 124 valence electrons. The summed E-state index contributed by atoms with van der Waals surface area (Å²) in [6.07, 6.45) is 7.56. The third-order valence-electron chi connectivity index (χ3n) is 5.09. The molecule has 0 aromatic carbocycles. The SMILES string of the molecule is c1cnc2c(c1)nc(CC1CCCOC1)n2CC1CCOCC1. The van der Waals surface area contributed by atoms with E-state index in [1.807, 2.05) is 12.3 Å². The molecule has 4 rings (SSSR count). The Morgan fingerprint density at radius 3 is 2.83 bits per heavy atom. The number of imidazole rings is 1. The largest absolute Gasteiger partial charge is 0.381 e. The van der Waals surface area contributed by atoms with Crippen molar-refractivity contribution < 1.29 is 9.47 Å². The van der Waals surface area contributed by atoms with Gasteiger partial charge in [-0.1, -0.05) is 0 Å². The summed E-state index contributed by atoms with van der Waals surface area (Å²) in [4.78, 5) is 9.48. The van der Waals surface area contributed by atoms with Crippen molar-refractivity contribution >= 4 is 11.2 Å². The fraction of sp³-hybridized carbons (Fsp3) is 0.667. The summed E-state index contributed by atoms with van der Waals surface area (Å²) in [5.41, 5.74) is 2.05. The highest BCUT2D eigenvalue weighted by molar-refractivity contribution is 5.71. The Morgan fingerprint density at radius 2 is 2.00 bits per heavy atom. The second-order valence-corrected chi connectivity index (χ2v) is 6.83. The maximum Gasteiger partial charge on any atom is 0.159 e. The van der Waals surface area contributed by atoms with Crippen LogP contribution >= 0.6 is 0 Å². The highest BCUT2D eigenvalue weighted by atomic mass is 16.5. The third kappa shape index (κ3) is 3.40. The molecule has 5 nitrogen and oxygen atoms in total. The summed E-state index contributed by atoms with van der Waals surface area (Å²) < 4.78 is 13.5. The molecule has 1 atom stereocenters. The molecule has 0 amide bonds. The van der Waals surface area contributed by atoms with E-state index in [1.54, 1.807) is 0 Å². The molecule has 4 heterocycles. The minimum absolute atomic E-state index is 0.592. The van der Waals surface area contributed by atoms with Gasteiger partial charge in [0, 0.05) is 45.6 Å². The Hall–Kier alpha value is -1.46. The van der Waals surface area contributed by atoms with E-state index in [0.29, 0.717) is 11.8 Å². The minimum Gasteiger partial charge on any atom is -0.381 e. The number of rotatable bonds is 4. The van der Waals surface area contributed by atoms with Gasteiger partial charge < -0.3 is 14.0 Å². The first-order valence-electron chi connectivity index (χ1n) is 8.86. The van der Waals surface area contributed by atoms with Gasteiger partial charge in [0.15, 0.2) is 5.65 Å². The Balaban J connectivity index is 1.60. The van der Waals surface area contributed by atoms with Crippen molar-refractivity contribution in [3.63, 3.8) is 0 Å². The van der Waals surface area contributed by atoms with E-state index in [0.717, 1.165) is 63.4 Å². The van der Waals surface area contributed by atoms with Crippen LogP contribution in [-0.2, 0) is 22.4 Å². The van der Waals surface area contributed by atoms with Crippen molar-refractivity contribution in [3.05, 3.63) is 24.2 Å². The minimum atomic E-state index is 0.592. The van der Waals surface area contributed by atoms with Gasteiger partial charge in [-0.05, 0) is 49.7 Å². The number of nitrogens with zero attached hydrogens (tertiary/aromatic N) is 3. The number of fused-ring (bicyclic) bond motifs is 1. The molecule has 5 heteroatoms. The van der Waals surface area contributed by atoms with Crippen molar-refractivity contribution in [1.82, 2.24) is 14.5 Å². The van der Waals surface area contributed by atoms with E-state index in [9.17, 15) is 0 Å². The molecule has 0 aliphatic carbocycles. The van der Waals surface area contributed by atoms with Crippen LogP contribution in [0.4, 0.5) is 0 Å². The quantitative estimate of drug-likeness (QED) is 0.870. The van der Waals surface area contributed by atoms with Gasteiger partial charge >= 0.3 is 0 Å². The fourth-order valence-electron chi connectivity index (χ4n) is 3.77. The standard InChI is InChI=1S/C18H25N3O2/c1-4-16-18(19-7-1)21(12-14-5-9-22-10-6-14)17(20-16)11-15-3-2-8-23-13-15/h1,4,7,14-15H,2-3,5-6,8-13H2. The second kappa shape index (κ2) is 6.97. The van der Waals surface area contributed by atoms with E-state index < -0.39 is 0 Å². The number of pyridine rings is 1. The third-order valence-corrected chi connectivity index (χ3v) is 5.09. The average Bonchev–Trinajstić information content (AvgIpc) is 2.94. The predicted molar refractivity (Wildman–Crippen MR) is 88.3 cm³/mol. The van der Waals surface area contributed by atoms with Gasteiger partial charge in [0.2, 0.25) is 0 Å². The lowest BCUT2D eigenvalue weighted by atomic mass is 9.97. The van der Waals surface area contributed by atoms with Crippen LogP contribution in [0.15, 0.2) is 18.3 Å². The maximum atomic E-state index is 5.65. The van der Waals surface area contributed by atoms with Crippen LogP contribution in [0.1, 0.15) is 31.5 Å². The first-order valence-corrected chi connectivity index (χ1v) is 8.86. The zero-order valence-electron chi connectivity index (χ0n) is 13.6. The molecule has 2 saturated heterocycles. The number of aromatic nitrogens is 3. The normalized spacial score (nSPS) is 23.4. The summed E-state index contributed by atoms with van der Waals surface area (Å²) in [6, 6.07) is 4.05. The van der Waals surface area contributed by atoms with Gasteiger partial charge in [0.25, 0.3) is 0 Å². The molecule has 23 heavy (non-hydrogen) atoms. The average molecular weight is 315 g/mol. The van der Waals surface area contributed by atoms with E-state index in [-0.39, 0.29) is 0 Å². The van der Waals surface area contributed by atoms with Crippen molar-refractivity contribution in [3.8, 4) is 0 Å². The lowest BCUT2D eigenvalue weighted by Crippen LogP contribution is -2.24. The smallest absolute Gasteiger partial charge is 0.159 e. The van der Waals surface area contributed by atoms with Crippen molar-refractivity contribution in [2.24, 2.45) is 11.8 Å². The predicted octanol–water partition coefficient (Wildman–Crippen LogP) is 2.83. The summed E-state index contributed by atoms with van der Waals surface area (Å²) >= 11 is 0. The number of ether oxygens (including phenoxy) is 2. The number of hydrogen-bond acceptors (Lipinski definition) is 4. The molecular formula is C18H25N3O2. The Bertz CT molecular complexity index is 643. The van der Waals surface area contributed by atoms with E-state index in [1.165, 1.54) is 18.7 Å². The van der Waals surface area contributed by atoms with Gasteiger partial charge in [-0.15, -0.1) is 0 Å². The van der Waals surface area contributed by atoms with E-state index >= 15 is 0 Å². The molecule has 2 aromatic rings. The first kappa shape index (κ1) is 15.1. The van der Waals surface area contributed by atoms with Crippen LogP contribution in [-0.4, -0.2) is 41.0 Å². The van der Waals surface area contributed by atoms with Crippen LogP contribution in [0.5, 0.6) is 0 Å². The topological polar surface area (TPSA) is 49.2 Å². The van der Waals surface area contributed by atoms with Gasteiger partial charge in [-0.2, -0.15) is 0 Å². The molecule has 2 fully saturated rings. The van der Waals surface area contributed by atoms with Crippen molar-refractivity contribution in [2.45, 2.75) is 38.6 Å². The summed E-state index contributed by atoms with van der Waals surface area (Å²) in [7, 11) is 0. The second-order valence-electron chi connectivity index (χ2n) is 6.83. The molecule has 2 aliphatic rings. The number of hydrogen-bond donors (Lipinski definition) is 0. The molecule has 0 spiro atoms. The Kier molecular flexibility index (Phi) is 4.57. The summed E-state index contributed by atoms with van der Waals surface area (Å²) in [5, 5.41) is 0. The van der Waals surface area contributed by atoms with Crippen LogP contribution < -0.4 is 0 Å². The maximum absolute atomic E-state index is 5.65. The molecule has 0 saturated carbocycles. The highest BCUT2D eigenvalue weighted by Crippen LogP contribution is 2.25. The Morgan fingerprint density at radius 1 is 1.09 bits per heavy atom. The molecule has 0 bridgehead atoms. The molecule has 0 N–H and O–H groups in total. The van der Waals surface area contributed by atoms with E-state index in [2.05, 4.69) is 15.6 Å². The molecule has 2 aromatic heterocycles. The van der Waals surface area contributed by atoms with Crippen LogP contribution in [0.25, 0.3) is 11.2 Å². The monoisotopic (exact) mass is 315 g/mol. The molecule has 2 aliphatic heterocycles. The zero-order valence-corrected chi connectivity index (χ0v) is 13.6. The van der Waals surface area contributed by atoms with Gasteiger partial charge in [-0.3, -0.25) is 0 Å². The van der Waals surface area contributed by atoms with Crippen LogP contribution in [0.3, 0.4) is 0 Å². The van der Waals surface area contributed by atoms with Crippen molar-refractivity contribution in [2.75, 3.05) is 26.4 Å². The zero-order chi connectivity index (χ0) is 15.5. The highest BCUT2D eigenvalue weighted by Gasteiger charge is 2.22. The molecule has 1 unspecified atom stereocenters. The fourth-order valence-corrected chi connectivity index (χ4v) is 3.77. The van der Waals surface area contributed by atoms with E-state index in [4.69, 9.17) is 14.5 Å². The summed E-state index contributed by atoms with van der Waals surface area (Å²) in [6.45, 7) is 4.57. The van der Waals surface area contributed by atoms with Gasteiger partial charge in [0.05, 0.1) is 0 Å². The van der Waals surface area contributed by atoms with Crippen LogP contribution in [0.2, 0.25) is 0 Å². The van der Waals surface area contributed by atoms with Gasteiger partial charge in [0.1, 0.15) is 11.3 Å². The van der Waals surface area contributed by atoms with Gasteiger partial charge in [-0.25, -0.2) is 9.97 Å². The lowest BCUT2D eigenvalue weighted by molar-refractivity contribution is 0.0527. The van der Waals surface area contributed by atoms with Crippen molar-refractivity contribution in [1.29, 1.82) is 0 Å². The molecule has 0 radical (unpaired) electrons. The first-order chi connectivity index (χ1) is 11.4. The lowest BCUT2D eigenvalue weighted by Gasteiger charge is -2.25. The van der Waals surface area contributed by atoms with Crippen LogP contribution in [0, 0.1) is 11.8 Å². The Labute approximate surface area is 137 Å². The summed E-state index contributed by atoms with van der Waals surface area (Å²) in [5.74, 6) is 2.44.